The summed E-state index contributed by atoms with van der Waals surface area (Å²) in [6, 6.07) is 13.4. The smallest absolute Gasteiger partial charge is 0.232 e. The van der Waals surface area contributed by atoms with Crippen molar-refractivity contribution in [3.8, 4) is 0 Å². The maximum absolute atomic E-state index is 13.6. The summed E-state index contributed by atoms with van der Waals surface area (Å²) in [6.07, 6.45) is 1.09. The highest BCUT2D eigenvalue weighted by molar-refractivity contribution is 7.92. The van der Waals surface area contributed by atoms with Crippen LogP contribution in [0.5, 0.6) is 0 Å². The Morgan fingerprint density at radius 1 is 1.11 bits per heavy atom. The van der Waals surface area contributed by atoms with Crippen LogP contribution in [0.4, 0.5) is 10.1 Å². The third-order valence-electron chi connectivity index (χ3n) is 4.22. The van der Waals surface area contributed by atoms with Crippen LogP contribution in [0.15, 0.2) is 48.5 Å². The second-order valence-corrected chi connectivity index (χ2v) is 8.61. The standard InChI is InChI=1S/C20H25FN2O3S/c1-15(2)16-8-10-18(11-9-16)23(27(3,25)26)13-12-20(24)22-14-17-6-4-5-7-19(17)21/h4-11,15H,12-14H2,1-3H3,(H,22,24). The van der Waals surface area contributed by atoms with Crippen LogP contribution in [0.2, 0.25) is 0 Å². The van der Waals surface area contributed by atoms with Crippen molar-refractivity contribution < 1.29 is 17.6 Å². The fourth-order valence-corrected chi connectivity index (χ4v) is 3.57. The first-order valence-corrected chi connectivity index (χ1v) is 10.6. The molecule has 7 heteroatoms. The van der Waals surface area contributed by atoms with E-state index in [1.165, 1.54) is 10.4 Å². The van der Waals surface area contributed by atoms with Gasteiger partial charge >= 0.3 is 0 Å². The predicted octanol–water partition coefficient (Wildman–Crippen LogP) is 3.42. The summed E-state index contributed by atoms with van der Waals surface area (Å²) < 4.78 is 39.1. The third-order valence-corrected chi connectivity index (χ3v) is 5.42. The number of nitrogens with zero attached hydrogens (tertiary/aromatic N) is 1. The molecule has 5 nitrogen and oxygen atoms in total. The van der Waals surface area contributed by atoms with E-state index in [-0.39, 0.29) is 31.2 Å². The number of carbonyl (C=O) groups is 1. The third kappa shape index (κ3) is 6.06. The molecule has 0 spiro atoms. The SMILES string of the molecule is CC(C)c1ccc(N(CCC(=O)NCc2ccccc2F)S(C)(=O)=O)cc1. The van der Waals surface area contributed by atoms with Crippen LogP contribution in [0, 0.1) is 5.82 Å². The monoisotopic (exact) mass is 392 g/mol. The summed E-state index contributed by atoms with van der Waals surface area (Å²) in [5.41, 5.74) is 2.01. The van der Waals surface area contributed by atoms with Gasteiger partial charge in [0.05, 0.1) is 11.9 Å². The van der Waals surface area contributed by atoms with Gasteiger partial charge in [0, 0.05) is 25.1 Å². The number of halogens is 1. The van der Waals surface area contributed by atoms with Gasteiger partial charge in [-0.1, -0.05) is 44.2 Å². The summed E-state index contributed by atoms with van der Waals surface area (Å²) in [6.45, 7) is 4.20. The molecule has 2 rings (SSSR count). The van der Waals surface area contributed by atoms with Crippen LogP contribution in [0.25, 0.3) is 0 Å². The number of amides is 1. The van der Waals surface area contributed by atoms with Crippen LogP contribution < -0.4 is 9.62 Å². The molecular formula is C20H25FN2O3S. The molecule has 1 N–H and O–H groups in total. The Bertz CT molecular complexity index is 880. The molecule has 2 aromatic rings. The van der Waals surface area contributed by atoms with Gasteiger partial charge in [0.2, 0.25) is 15.9 Å². The highest BCUT2D eigenvalue weighted by atomic mass is 32.2. The van der Waals surface area contributed by atoms with Gasteiger partial charge in [0.1, 0.15) is 5.82 Å². The van der Waals surface area contributed by atoms with E-state index < -0.39 is 10.0 Å². The lowest BCUT2D eigenvalue weighted by atomic mass is 10.0. The molecule has 0 bridgehead atoms. The van der Waals surface area contributed by atoms with E-state index in [0.29, 0.717) is 17.2 Å². The van der Waals surface area contributed by atoms with Crippen molar-refractivity contribution in [2.45, 2.75) is 32.7 Å². The summed E-state index contributed by atoms with van der Waals surface area (Å²) in [5.74, 6) is -0.388. The van der Waals surface area contributed by atoms with Crippen molar-refractivity contribution >= 4 is 21.6 Å². The molecule has 27 heavy (non-hydrogen) atoms. The van der Waals surface area contributed by atoms with Crippen LogP contribution in [-0.2, 0) is 21.4 Å². The molecule has 0 aromatic heterocycles. The van der Waals surface area contributed by atoms with E-state index in [0.717, 1.165) is 11.8 Å². The van der Waals surface area contributed by atoms with Crippen molar-refractivity contribution in [2.24, 2.45) is 0 Å². The Morgan fingerprint density at radius 3 is 2.30 bits per heavy atom. The zero-order chi connectivity index (χ0) is 20.0. The van der Waals surface area contributed by atoms with E-state index in [1.807, 2.05) is 12.1 Å². The summed E-state index contributed by atoms with van der Waals surface area (Å²) in [4.78, 5) is 12.1. The average molecular weight is 392 g/mol. The number of benzene rings is 2. The van der Waals surface area contributed by atoms with Crippen molar-refractivity contribution in [1.29, 1.82) is 0 Å². The normalized spacial score (nSPS) is 11.4. The quantitative estimate of drug-likeness (QED) is 0.749. The first-order chi connectivity index (χ1) is 12.7. The molecule has 0 fully saturated rings. The molecule has 0 atom stereocenters. The number of hydrogen-bond acceptors (Lipinski definition) is 3. The molecule has 2 aromatic carbocycles. The topological polar surface area (TPSA) is 66.5 Å². The molecule has 0 aliphatic heterocycles. The maximum atomic E-state index is 13.6. The van der Waals surface area contributed by atoms with E-state index in [4.69, 9.17) is 0 Å². The highest BCUT2D eigenvalue weighted by Gasteiger charge is 2.19. The number of carbonyl (C=O) groups excluding carboxylic acids is 1. The highest BCUT2D eigenvalue weighted by Crippen LogP contribution is 2.22. The summed E-state index contributed by atoms with van der Waals surface area (Å²) in [7, 11) is -3.53. The summed E-state index contributed by atoms with van der Waals surface area (Å²) >= 11 is 0. The molecule has 0 heterocycles. The van der Waals surface area contributed by atoms with Crippen LogP contribution >= 0.6 is 0 Å². The van der Waals surface area contributed by atoms with Gasteiger partial charge in [-0.25, -0.2) is 12.8 Å². The molecule has 0 saturated heterocycles. The number of rotatable bonds is 8. The van der Waals surface area contributed by atoms with Gasteiger partial charge in [-0.3, -0.25) is 9.10 Å². The van der Waals surface area contributed by atoms with E-state index in [1.54, 1.807) is 30.3 Å². The minimum absolute atomic E-state index is 0.0168. The van der Waals surface area contributed by atoms with Crippen LogP contribution in [-0.4, -0.2) is 27.1 Å². The maximum Gasteiger partial charge on any atom is 0.232 e. The zero-order valence-corrected chi connectivity index (χ0v) is 16.6. The van der Waals surface area contributed by atoms with Crippen molar-refractivity contribution in [1.82, 2.24) is 5.32 Å². The van der Waals surface area contributed by atoms with E-state index in [9.17, 15) is 17.6 Å². The zero-order valence-electron chi connectivity index (χ0n) is 15.8. The fourth-order valence-electron chi connectivity index (χ4n) is 2.64. The lowest BCUT2D eigenvalue weighted by molar-refractivity contribution is -0.121. The van der Waals surface area contributed by atoms with Gasteiger partial charge < -0.3 is 5.32 Å². The van der Waals surface area contributed by atoms with Crippen molar-refractivity contribution in [2.75, 3.05) is 17.1 Å². The predicted molar refractivity (Wildman–Crippen MR) is 106 cm³/mol. The first kappa shape index (κ1) is 20.9. The van der Waals surface area contributed by atoms with Gasteiger partial charge in [0.15, 0.2) is 0 Å². The van der Waals surface area contributed by atoms with Crippen LogP contribution in [0.3, 0.4) is 0 Å². The van der Waals surface area contributed by atoms with Gasteiger partial charge in [-0.15, -0.1) is 0 Å². The number of hydrogen-bond donors (Lipinski definition) is 1. The van der Waals surface area contributed by atoms with Gasteiger partial charge in [-0.2, -0.15) is 0 Å². The number of sulfonamides is 1. The number of nitrogens with one attached hydrogen (secondary N) is 1. The molecule has 0 unspecified atom stereocenters. The molecule has 0 aliphatic rings. The van der Waals surface area contributed by atoms with Gasteiger partial charge in [-0.05, 0) is 29.7 Å². The molecule has 0 radical (unpaired) electrons. The number of anilines is 1. The average Bonchev–Trinajstić information content (AvgIpc) is 2.60. The summed E-state index contributed by atoms with van der Waals surface area (Å²) in [5, 5.41) is 2.62. The van der Waals surface area contributed by atoms with Crippen LogP contribution in [0.1, 0.15) is 37.3 Å². The van der Waals surface area contributed by atoms with Crippen molar-refractivity contribution in [3.05, 3.63) is 65.5 Å². The Morgan fingerprint density at radius 2 is 1.74 bits per heavy atom. The largest absolute Gasteiger partial charge is 0.352 e. The van der Waals surface area contributed by atoms with E-state index in [2.05, 4.69) is 19.2 Å². The van der Waals surface area contributed by atoms with E-state index >= 15 is 0 Å². The molecule has 0 saturated carbocycles. The second kappa shape index (κ2) is 8.99. The Kier molecular flexibility index (Phi) is 6.96. The first-order valence-electron chi connectivity index (χ1n) is 8.76. The molecule has 1 amide bonds. The lowest BCUT2D eigenvalue weighted by Crippen LogP contribution is -2.34. The molecule has 0 aliphatic carbocycles. The van der Waals surface area contributed by atoms with Gasteiger partial charge in [0.25, 0.3) is 0 Å². The lowest BCUT2D eigenvalue weighted by Gasteiger charge is -2.22. The second-order valence-electron chi connectivity index (χ2n) is 6.70. The Labute approximate surface area is 160 Å². The fraction of sp³-hybridized carbons (Fsp3) is 0.350. The minimum Gasteiger partial charge on any atom is -0.352 e. The Hall–Kier alpha value is -2.41. The van der Waals surface area contributed by atoms with Crippen molar-refractivity contribution in [3.63, 3.8) is 0 Å². The molecule has 146 valence electrons. The Balaban J connectivity index is 2.00. The minimum atomic E-state index is -3.53. The molecular weight excluding hydrogens is 367 g/mol.